The predicted octanol–water partition coefficient (Wildman–Crippen LogP) is 2.44. The van der Waals surface area contributed by atoms with Crippen molar-refractivity contribution >= 4 is 0 Å². The van der Waals surface area contributed by atoms with Gasteiger partial charge in [0, 0.05) is 5.92 Å². The van der Waals surface area contributed by atoms with Crippen LogP contribution in [0.2, 0.25) is 0 Å². The summed E-state index contributed by atoms with van der Waals surface area (Å²) >= 11 is 0. The fourth-order valence-electron chi connectivity index (χ4n) is 1.44. The smallest absolute Gasteiger partial charge is 0.0658 e. The lowest BCUT2D eigenvalue weighted by Gasteiger charge is -2.13. The summed E-state index contributed by atoms with van der Waals surface area (Å²) in [4.78, 5) is 0. The molecule has 0 saturated heterocycles. The van der Waals surface area contributed by atoms with Gasteiger partial charge >= 0.3 is 0 Å². The Bertz CT molecular complexity index is 155. The van der Waals surface area contributed by atoms with Gasteiger partial charge in [-0.25, -0.2) is 0 Å². The first-order chi connectivity index (χ1) is 4.66. The Morgan fingerprint density at radius 2 is 2.00 bits per heavy atom. The second-order valence-electron chi connectivity index (χ2n) is 3.74. The molecule has 0 N–H and O–H groups in total. The molecule has 1 saturated carbocycles. The van der Waals surface area contributed by atoms with Gasteiger partial charge in [0.2, 0.25) is 0 Å². The van der Waals surface area contributed by atoms with Crippen LogP contribution in [-0.2, 0) is 0 Å². The maximum absolute atomic E-state index is 8.56. The molecule has 1 heteroatoms. The van der Waals surface area contributed by atoms with E-state index in [4.69, 9.17) is 5.26 Å². The molecule has 1 fully saturated rings. The first kappa shape index (κ1) is 7.60. The fraction of sp³-hybridized carbons (Fsp3) is 0.889. The lowest BCUT2D eigenvalue weighted by Crippen LogP contribution is -2.06. The molecule has 0 aromatic heterocycles. The van der Waals surface area contributed by atoms with E-state index in [0.717, 1.165) is 18.3 Å². The van der Waals surface area contributed by atoms with Crippen molar-refractivity contribution in [2.45, 2.75) is 27.2 Å². The molecule has 56 valence electrons. The van der Waals surface area contributed by atoms with Gasteiger partial charge in [-0.2, -0.15) is 5.26 Å². The zero-order valence-corrected chi connectivity index (χ0v) is 6.96. The molecule has 3 atom stereocenters. The Kier molecular flexibility index (Phi) is 1.99. The normalized spacial score (nSPS) is 33.5. The molecule has 0 spiro atoms. The van der Waals surface area contributed by atoms with Crippen LogP contribution in [0, 0.1) is 35.0 Å². The van der Waals surface area contributed by atoms with Crippen molar-refractivity contribution in [1.82, 2.24) is 0 Å². The summed E-state index contributed by atoms with van der Waals surface area (Å²) in [6.07, 6.45) is 1.15. The van der Waals surface area contributed by atoms with E-state index in [1.54, 1.807) is 0 Å². The zero-order chi connectivity index (χ0) is 7.72. The van der Waals surface area contributed by atoms with Gasteiger partial charge in [-0.1, -0.05) is 20.8 Å². The van der Waals surface area contributed by atoms with E-state index in [-0.39, 0.29) is 0 Å². The third kappa shape index (κ3) is 1.31. The number of rotatable bonds is 2. The van der Waals surface area contributed by atoms with Crippen LogP contribution < -0.4 is 0 Å². The Balaban J connectivity index is 2.34. The minimum absolute atomic E-state index is 0.386. The van der Waals surface area contributed by atoms with Gasteiger partial charge in [0.1, 0.15) is 0 Å². The minimum Gasteiger partial charge on any atom is -0.198 e. The van der Waals surface area contributed by atoms with E-state index in [1.165, 1.54) is 0 Å². The van der Waals surface area contributed by atoms with Crippen LogP contribution in [-0.4, -0.2) is 0 Å². The van der Waals surface area contributed by atoms with Gasteiger partial charge in [0.05, 0.1) is 6.07 Å². The number of hydrogen-bond acceptors (Lipinski definition) is 1. The molecule has 1 rings (SSSR count). The number of hydrogen-bond donors (Lipinski definition) is 0. The maximum atomic E-state index is 8.56. The summed E-state index contributed by atoms with van der Waals surface area (Å²) < 4.78 is 0. The molecular weight excluding hydrogens is 122 g/mol. The molecule has 0 heterocycles. The Morgan fingerprint density at radius 1 is 1.40 bits per heavy atom. The van der Waals surface area contributed by atoms with E-state index in [1.807, 2.05) is 0 Å². The lowest BCUT2D eigenvalue weighted by molar-refractivity contribution is 0.364. The van der Waals surface area contributed by atoms with Crippen LogP contribution in [0.25, 0.3) is 0 Å². The van der Waals surface area contributed by atoms with E-state index in [9.17, 15) is 0 Å². The quantitative estimate of drug-likeness (QED) is 0.573. The van der Waals surface area contributed by atoms with Crippen molar-refractivity contribution in [3.8, 4) is 6.07 Å². The van der Waals surface area contributed by atoms with Crippen molar-refractivity contribution in [3.05, 3.63) is 0 Å². The summed E-state index contributed by atoms with van der Waals surface area (Å²) in [6.45, 7) is 6.72. The average Bonchev–Trinajstić information content (AvgIpc) is 2.64. The van der Waals surface area contributed by atoms with Gasteiger partial charge in [-0.15, -0.1) is 0 Å². The standard InChI is InChI=1S/C9H15N/c1-6(2)7(3)9-4-8(9)5-10/h6-9H,4H2,1-3H3. The molecule has 0 aromatic carbocycles. The molecule has 1 aliphatic carbocycles. The van der Waals surface area contributed by atoms with Gasteiger partial charge in [0.15, 0.2) is 0 Å². The average molecular weight is 137 g/mol. The van der Waals surface area contributed by atoms with Crippen LogP contribution in [0.5, 0.6) is 0 Å². The summed E-state index contributed by atoms with van der Waals surface area (Å²) in [5, 5.41) is 8.56. The van der Waals surface area contributed by atoms with E-state index in [0.29, 0.717) is 11.8 Å². The molecule has 0 amide bonds. The van der Waals surface area contributed by atoms with Crippen LogP contribution in [0.1, 0.15) is 27.2 Å². The first-order valence-corrected chi connectivity index (χ1v) is 4.06. The molecule has 0 radical (unpaired) electrons. The molecule has 0 aromatic rings. The van der Waals surface area contributed by atoms with Gasteiger partial charge < -0.3 is 0 Å². The summed E-state index contributed by atoms with van der Waals surface area (Å²) in [7, 11) is 0. The van der Waals surface area contributed by atoms with Crippen LogP contribution in [0.15, 0.2) is 0 Å². The Morgan fingerprint density at radius 3 is 2.30 bits per heavy atom. The van der Waals surface area contributed by atoms with Crippen LogP contribution in [0.4, 0.5) is 0 Å². The van der Waals surface area contributed by atoms with Gasteiger partial charge in [-0.3, -0.25) is 0 Å². The van der Waals surface area contributed by atoms with Gasteiger partial charge in [-0.05, 0) is 24.2 Å². The minimum atomic E-state index is 0.386. The van der Waals surface area contributed by atoms with Crippen molar-refractivity contribution < 1.29 is 0 Å². The van der Waals surface area contributed by atoms with Gasteiger partial charge in [0.25, 0.3) is 0 Å². The second-order valence-corrected chi connectivity index (χ2v) is 3.74. The SMILES string of the molecule is CC(C)C(C)C1CC1C#N. The predicted molar refractivity (Wildman–Crippen MR) is 41.2 cm³/mol. The summed E-state index contributed by atoms with van der Waals surface area (Å²) in [6, 6.07) is 2.32. The van der Waals surface area contributed by atoms with Crippen LogP contribution in [0.3, 0.4) is 0 Å². The highest BCUT2D eigenvalue weighted by Gasteiger charge is 2.41. The molecule has 10 heavy (non-hydrogen) atoms. The monoisotopic (exact) mass is 137 g/mol. The third-order valence-electron chi connectivity index (χ3n) is 2.73. The summed E-state index contributed by atoms with van der Waals surface area (Å²) in [5.41, 5.74) is 0. The summed E-state index contributed by atoms with van der Waals surface area (Å²) in [5.74, 6) is 2.58. The lowest BCUT2D eigenvalue weighted by atomic mass is 9.92. The first-order valence-electron chi connectivity index (χ1n) is 4.06. The Labute approximate surface area is 63.0 Å². The molecule has 0 aliphatic heterocycles. The third-order valence-corrected chi connectivity index (χ3v) is 2.73. The highest BCUT2D eigenvalue weighted by molar-refractivity contribution is 5.03. The number of nitrogens with zero attached hydrogens (tertiary/aromatic N) is 1. The molecule has 1 nitrogen and oxygen atoms in total. The topological polar surface area (TPSA) is 23.8 Å². The highest BCUT2D eigenvalue weighted by Crippen LogP contribution is 2.45. The van der Waals surface area contributed by atoms with Crippen molar-refractivity contribution in [2.75, 3.05) is 0 Å². The van der Waals surface area contributed by atoms with E-state index >= 15 is 0 Å². The highest BCUT2D eigenvalue weighted by atomic mass is 14.5. The molecule has 1 aliphatic rings. The van der Waals surface area contributed by atoms with Crippen molar-refractivity contribution in [1.29, 1.82) is 5.26 Å². The molecular formula is C9H15N. The second kappa shape index (κ2) is 2.62. The number of nitriles is 1. The largest absolute Gasteiger partial charge is 0.198 e. The zero-order valence-electron chi connectivity index (χ0n) is 6.96. The molecule has 0 bridgehead atoms. The maximum Gasteiger partial charge on any atom is 0.0658 e. The molecule has 3 unspecified atom stereocenters. The van der Waals surface area contributed by atoms with E-state index in [2.05, 4.69) is 26.8 Å². The van der Waals surface area contributed by atoms with E-state index < -0.39 is 0 Å². The fourth-order valence-corrected chi connectivity index (χ4v) is 1.44. The van der Waals surface area contributed by atoms with Crippen LogP contribution >= 0.6 is 0 Å². The van der Waals surface area contributed by atoms with Crippen molar-refractivity contribution in [3.63, 3.8) is 0 Å². The van der Waals surface area contributed by atoms with Crippen molar-refractivity contribution in [2.24, 2.45) is 23.7 Å². The Hall–Kier alpha value is -0.510.